The van der Waals surface area contributed by atoms with Gasteiger partial charge in [-0.3, -0.25) is 0 Å². The fourth-order valence-corrected chi connectivity index (χ4v) is 6.93. The molecule has 2 nitrogen and oxygen atoms in total. The van der Waals surface area contributed by atoms with Crippen LogP contribution in [0.2, 0.25) is 0 Å². The third kappa shape index (κ3) is 4.27. The van der Waals surface area contributed by atoms with Gasteiger partial charge in [-0.2, -0.15) is 0 Å². The van der Waals surface area contributed by atoms with Gasteiger partial charge in [-0.1, -0.05) is 146 Å². The smallest absolute Gasteiger partial charge is 0.143 e. The number of anilines is 3. The first-order valence-electron chi connectivity index (χ1n) is 15.7. The van der Waals surface area contributed by atoms with Crippen molar-refractivity contribution >= 4 is 60.5 Å². The molecule has 0 fully saturated rings. The van der Waals surface area contributed by atoms with E-state index in [2.05, 4.69) is 169 Å². The Bertz CT molecular complexity index is 2530. The third-order valence-corrected chi connectivity index (χ3v) is 9.07. The molecular formula is C44H29NO. The van der Waals surface area contributed by atoms with Gasteiger partial charge in [0.2, 0.25) is 0 Å². The van der Waals surface area contributed by atoms with Crippen LogP contribution in [0.3, 0.4) is 0 Å². The van der Waals surface area contributed by atoms with Gasteiger partial charge in [0.15, 0.2) is 0 Å². The van der Waals surface area contributed by atoms with Crippen LogP contribution in [0, 0.1) is 0 Å². The molecule has 0 aliphatic heterocycles. The van der Waals surface area contributed by atoms with E-state index in [1.165, 1.54) is 32.7 Å². The minimum absolute atomic E-state index is 0.900. The molecule has 0 radical (unpaired) electrons. The molecule has 1 aromatic heterocycles. The molecule has 0 saturated heterocycles. The average Bonchev–Trinajstić information content (AvgIpc) is 3.51. The summed E-state index contributed by atoms with van der Waals surface area (Å²) in [4.78, 5) is 2.39. The monoisotopic (exact) mass is 587 g/mol. The highest BCUT2D eigenvalue weighted by Crippen LogP contribution is 2.46. The maximum Gasteiger partial charge on any atom is 0.143 e. The highest BCUT2D eigenvalue weighted by Gasteiger charge is 2.21. The standard InChI is InChI=1S/C44H29NO/c1-3-16-34-30(12-1)14-9-20-35(34)32-26-28-33(29-27-32)45(41-24-10-15-31-13-2-4-17-36(31)41)42-23-7-5-18-37(42)39-21-11-22-40-38-19-6-8-25-43(38)46-44(39)40/h1-29H. The minimum Gasteiger partial charge on any atom is -0.455 e. The molecule has 216 valence electrons. The first-order valence-corrected chi connectivity index (χ1v) is 15.7. The molecule has 9 rings (SSSR count). The summed E-state index contributed by atoms with van der Waals surface area (Å²) in [5.41, 5.74) is 9.71. The van der Waals surface area contributed by atoms with Crippen molar-refractivity contribution in [3.8, 4) is 22.3 Å². The Morgan fingerprint density at radius 2 is 0.891 bits per heavy atom. The van der Waals surface area contributed by atoms with Crippen molar-refractivity contribution < 1.29 is 4.42 Å². The Morgan fingerprint density at radius 3 is 1.74 bits per heavy atom. The number of hydrogen-bond donors (Lipinski definition) is 0. The number of para-hydroxylation sites is 3. The quantitative estimate of drug-likeness (QED) is 0.199. The lowest BCUT2D eigenvalue weighted by Gasteiger charge is -2.29. The Labute approximate surface area is 267 Å². The van der Waals surface area contributed by atoms with E-state index in [1.807, 2.05) is 12.1 Å². The van der Waals surface area contributed by atoms with Crippen LogP contribution in [0.5, 0.6) is 0 Å². The molecule has 8 aromatic carbocycles. The predicted molar refractivity (Wildman–Crippen MR) is 194 cm³/mol. The summed E-state index contributed by atoms with van der Waals surface area (Å²) < 4.78 is 6.54. The SMILES string of the molecule is c1ccc(N(c2ccc(-c3cccc4ccccc34)cc2)c2cccc3ccccc23)c(-c2cccc3c2oc2ccccc23)c1. The molecule has 0 spiro atoms. The van der Waals surface area contributed by atoms with E-state index in [0.29, 0.717) is 0 Å². The third-order valence-electron chi connectivity index (χ3n) is 9.07. The summed E-state index contributed by atoms with van der Waals surface area (Å²) in [6.45, 7) is 0. The van der Waals surface area contributed by atoms with Crippen molar-refractivity contribution in [3.63, 3.8) is 0 Å². The maximum absolute atomic E-state index is 6.54. The average molecular weight is 588 g/mol. The Kier molecular flexibility index (Phi) is 6.17. The van der Waals surface area contributed by atoms with Crippen molar-refractivity contribution in [3.05, 3.63) is 176 Å². The van der Waals surface area contributed by atoms with Crippen LogP contribution in [0.25, 0.3) is 65.7 Å². The van der Waals surface area contributed by atoms with Gasteiger partial charge < -0.3 is 9.32 Å². The Hall–Kier alpha value is -6.12. The molecular weight excluding hydrogens is 558 g/mol. The van der Waals surface area contributed by atoms with E-state index in [0.717, 1.165) is 50.1 Å². The second-order valence-electron chi connectivity index (χ2n) is 11.7. The van der Waals surface area contributed by atoms with E-state index in [1.54, 1.807) is 0 Å². The van der Waals surface area contributed by atoms with Gasteiger partial charge >= 0.3 is 0 Å². The van der Waals surface area contributed by atoms with Gasteiger partial charge in [-0.05, 0) is 57.6 Å². The lowest BCUT2D eigenvalue weighted by atomic mass is 9.97. The number of furan rings is 1. The van der Waals surface area contributed by atoms with Crippen LogP contribution in [0.4, 0.5) is 17.1 Å². The molecule has 2 heteroatoms. The summed E-state index contributed by atoms with van der Waals surface area (Å²) in [5, 5.41) is 7.16. The number of benzene rings is 8. The van der Waals surface area contributed by atoms with E-state index >= 15 is 0 Å². The van der Waals surface area contributed by atoms with Gasteiger partial charge in [0, 0.05) is 33.0 Å². The molecule has 0 atom stereocenters. The molecule has 1 heterocycles. The minimum atomic E-state index is 0.900. The zero-order valence-electron chi connectivity index (χ0n) is 25.1. The van der Waals surface area contributed by atoms with E-state index < -0.39 is 0 Å². The fourth-order valence-electron chi connectivity index (χ4n) is 6.93. The highest BCUT2D eigenvalue weighted by atomic mass is 16.3. The first kappa shape index (κ1) is 26.3. The predicted octanol–water partition coefficient (Wildman–Crippen LogP) is 12.7. The molecule has 0 N–H and O–H groups in total. The van der Waals surface area contributed by atoms with E-state index in [-0.39, 0.29) is 0 Å². The fraction of sp³-hybridized carbons (Fsp3) is 0. The van der Waals surface area contributed by atoms with Crippen molar-refractivity contribution in [1.82, 2.24) is 0 Å². The van der Waals surface area contributed by atoms with Crippen LogP contribution in [0.15, 0.2) is 180 Å². The summed E-state index contributed by atoms with van der Waals surface area (Å²) in [6, 6.07) is 62.7. The van der Waals surface area contributed by atoms with Gasteiger partial charge in [0.25, 0.3) is 0 Å². The van der Waals surface area contributed by atoms with E-state index in [4.69, 9.17) is 4.42 Å². The second kappa shape index (κ2) is 10.8. The first-order chi connectivity index (χ1) is 22.8. The molecule has 0 aliphatic rings. The van der Waals surface area contributed by atoms with Crippen molar-refractivity contribution in [2.24, 2.45) is 0 Å². The second-order valence-corrected chi connectivity index (χ2v) is 11.7. The lowest BCUT2D eigenvalue weighted by Crippen LogP contribution is -2.11. The lowest BCUT2D eigenvalue weighted by molar-refractivity contribution is 0.670. The number of rotatable bonds is 5. The summed E-state index contributed by atoms with van der Waals surface area (Å²) in [6.07, 6.45) is 0. The molecule has 0 saturated carbocycles. The van der Waals surface area contributed by atoms with Crippen LogP contribution in [-0.2, 0) is 0 Å². The van der Waals surface area contributed by atoms with Gasteiger partial charge in [0.05, 0.1) is 11.4 Å². The molecule has 9 aromatic rings. The number of hydrogen-bond acceptors (Lipinski definition) is 2. The van der Waals surface area contributed by atoms with Crippen LogP contribution in [-0.4, -0.2) is 0 Å². The summed E-state index contributed by atoms with van der Waals surface area (Å²) in [7, 11) is 0. The molecule has 0 unspecified atom stereocenters. The number of fused-ring (bicyclic) bond motifs is 5. The largest absolute Gasteiger partial charge is 0.455 e. The molecule has 0 aliphatic carbocycles. The Balaban J connectivity index is 1.27. The van der Waals surface area contributed by atoms with Crippen molar-refractivity contribution in [1.29, 1.82) is 0 Å². The van der Waals surface area contributed by atoms with Gasteiger partial charge in [0.1, 0.15) is 11.2 Å². The summed E-state index contributed by atoms with van der Waals surface area (Å²) in [5.74, 6) is 0. The van der Waals surface area contributed by atoms with Crippen LogP contribution in [0.1, 0.15) is 0 Å². The van der Waals surface area contributed by atoms with Gasteiger partial charge in [-0.15, -0.1) is 0 Å². The van der Waals surface area contributed by atoms with Crippen molar-refractivity contribution in [2.75, 3.05) is 4.90 Å². The van der Waals surface area contributed by atoms with Crippen molar-refractivity contribution in [2.45, 2.75) is 0 Å². The highest BCUT2D eigenvalue weighted by molar-refractivity contribution is 6.11. The topological polar surface area (TPSA) is 16.4 Å². The Morgan fingerprint density at radius 1 is 0.348 bits per heavy atom. The van der Waals surface area contributed by atoms with Gasteiger partial charge in [-0.25, -0.2) is 0 Å². The normalized spacial score (nSPS) is 11.5. The summed E-state index contributed by atoms with van der Waals surface area (Å²) >= 11 is 0. The van der Waals surface area contributed by atoms with Crippen LogP contribution < -0.4 is 4.90 Å². The molecule has 46 heavy (non-hydrogen) atoms. The maximum atomic E-state index is 6.54. The molecule has 0 bridgehead atoms. The molecule has 0 amide bonds. The zero-order chi connectivity index (χ0) is 30.5. The zero-order valence-corrected chi connectivity index (χ0v) is 25.1. The van der Waals surface area contributed by atoms with E-state index in [9.17, 15) is 0 Å². The number of nitrogens with zero attached hydrogens (tertiary/aromatic N) is 1. The van der Waals surface area contributed by atoms with Crippen LogP contribution >= 0.6 is 0 Å².